The number of rotatable bonds is 46. The molecular weight excluding hydrogens is 875 g/mol. The van der Waals surface area contributed by atoms with Crippen molar-refractivity contribution in [2.24, 2.45) is 0 Å². The van der Waals surface area contributed by atoms with Crippen LogP contribution >= 0.6 is 72.3 Å². The predicted molar refractivity (Wildman–Crippen MR) is 244 cm³/mol. The smallest absolute Gasteiger partial charge is 0.463 e. The first-order valence-corrected chi connectivity index (χ1v) is 27.2. The van der Waals surface area contributed by atoms with Crippen molar-refractivity contribution in [1.29, 1.82) is 0 Å². The number of hydrogen-bond acceptors (Lipinski definition) is 21. The van der Waals surface area contributed by atoms with Gasteiger partial charge >= 0.3 is 26.8 Å². The van der Waals surface area contributed by atoms with Gasteiger partial charge < -0.3 is 55.9 Å². The van der Waals surface area contributed by atoms with E-state index in [1.807, 2.05) is 35.3 Å². The summed E-state index contributed by atoms with van der Waals surface area (Å²) in [6.07, 6.45) is 2.51. The van der Waals surface area contributed by atoms with Gasteiger partial charge in [0.15, 0.2) is 0 Å². The van der Waals surface area contributed by atoms with Crippen molar-refractivity contribution in [3.63, 3.8) is 0 Å². The van der Waals surface area contributed by atoms with Crippen LogP contribution in [-0.2, 0) is 41.7 Å². The van der Waals surface area contributed by atoms with Crippen LogP contribution in [0.25, 0.3) is 0 Å². The van der Waals surface area contributed by atoms with Crippen LogP contribution in [0.1, 0.15) is 19.3 Å². The van der Waals surface area contributed by atoms with Crippen LogP contribution in [0.15, 0.2) is 0 Å². The molecule has 1 heterocycles. The Kier molecular flexibility index (Phi) is 41.8. The number of ether oxygens (including phenoxy) is 9. The predicted octanol–water partition coefficient (Wildman–Crippen LogP) is 4.95. The highest BCUT2D eigenvalue weighted by molar-refractivity contribution is 7.99. The molecule has 0 bridgehead atoms. The standard InChI is InChI=1S/C35H69N3O12S6Si/c1-39-57(40-2,41-3)32-31-56-30-21-47-15-14-46-20-29-55-26-6-9-50-35-37-33(48-7-4-24-53-27-18-44-12-10-42-16-22-51)36-34(38-35)49-8-5-25-54-28-19-45-13-11-43-17-23-52/h51-52H,4-32H2,1-3H3. The fraction of sp³-hybridized carbons (Fsp3) is 0.914. The largest absolute Gasteiger partial charge is 0.500 e. The van der Waals surface area contributed by atoms with E-state index in [1.54, 1.807) is 33.1 Å². The van der Waals surface area contributed by atoms with E-state index in [0.717, 1.165) is 82.8 Å². The van der Waals surface area contributed by atoms with Gasteiger partial charge in [0.05, 0.1) is 99.1 Å². The number of aromatic nitrogens is 3. The Hall–Kier alpha value is 0.367. The summed E-state index contributed by atoms with van der Waals surface area (Å²) in [4.78, 5) is 13.1. The fourth-order valence-electron chi connectivity index (χ4n) is 4.22. The van der Waals surface area contributed by atoms with Crippen LogP contribution in [0.5, 0.6) is 18.0 Å². The monoisotopic (exact) mass is 943 g/mol. The van der Waals surface area contributed by atoms with Gasteiger partial charge in [-0.15, -0.1) is 15.0 Å². The number of nitrogens with zero attached hydrogens (tertiary/aromatic N) is 3. The highest BCUT2D eigenvalue weighted by Crippen LogP contribution is 2.18. The highest BCUT2D eigenvalue weighted by atomic mass is 32.2. The van der Waals surface area contributed by atoms with Crippen LogP contribution in [-0.4, -0.2) is 202 Å². The third kappa shape index (κ3) is 34.6. The van der Waals surface area contributed by atoms with E-state index in [-0.39, 0.29) is 18.0 Å². The van der Waals surface area contributed by atoms with E-state index in [0.29, 0.717) is 99.1 Å². The lowest BCUT2D eigenvalue weighted by atomic mass is 10.5. The van der Waals surface area contributed by atoms with Crippen molar-refractivity contribution < 1.29 is 55.9 Å². The normalized spacial score (nSPS) is 11.7. The van der Waals surface area contributed by atoms with E-state index in [1.165, 1.54) is 0 Å². The molecule has 336 valence electrons. The minimum absolute atomic E-state index is 0.200. The first-order valence-electron chi connectivity index (χ1n) is 19.4. The Morgan fingerprint density at radius 2 is 0.684 bits per heavy atom. The summed E-state index contributed by atoms with van der Waals surface area (Å²) < 4.78 is 67.3. The van der Waals surface area contributed by atoms with Crippen molar-refractivity contribution >= 4 is 81.1 Å². The maximum atomic E-state index is 5.89. The van der Waals surface area contributed by atoms with Crippen LogP contribution in [0, 0.1) is 0 Å². The van der Waals surface area contributed by atoms with Crippen molar-refractivity contribution in [3.05, 3.63) is 0 Å². The molecule has 0 aliphatic heterocycles. The van der Waals surface area contributed by atoms with E-state index in [2.05, 4.69) is 40.2 Å². The lowest BCUT2D eigenvalue weighted by Crippen LogP contribution is -2.43. The number of thiol groups is 2. The summed E-state index contributed by atoms with van der Waals surface area (Å²) in [6.45, 7) is 9.01. The molecule has 0 radical (unpaired) electrons. The molecule has 0 amide bonds. The minimum atomic E-state index is -2.49. The highest BCUT2D eigenvalue weighted by Gasteiger charge is 2.36. The Labute approximate surface area is 371 Å². The Balaban J connectivity index is 2.26. The molecular formula is C35H69N3O12S6Si. The van der Waals surface area contributed by atoms with Gasteiger partial charge in [0, 0.05) is 61.9 Å². The topological polar surface area (TPSA) is 149 Å². The Morgan fingerprint density at radius 1 is 0.386 bits per heavy atom. The molecule has 0 saturated carbocycles. The fourth-order valence-corrected chi connectivity index (χ4v) is 9.89. The van der Waals surface area contributed by atoms with Crippen molar-refractivity contribution in [2.45, 2.75) is 25.3 Å². The molecule has 0 fully saturated rings. The average Bonchev–Trinajstić information content (AvgIpc) is 3.23. The van der Waals surface area contributed by atoms with E-state index >= 15 is 0 Å². The lowest BCUT2D eigenvalue weighted by Gasteiger charge is -2.23. The van der Waals surface area contributed by atoms with Crippen molar-refractivity contribution in [1.82, 2.24) is 15.0 Å². The summed E-state index contributed by atoms with van der Waals surface area (Å²) in [5.41, 5.74) is 0. The van der Waals surface area contributed by atoms with Crippen LogP contribution in [0.2, 0.25) is 6.04 Å². The maximum Gasteiger partial charge on any atom is 0.500 e. The molecule has 22 heteroatoms. The average molecular weight is 944 g/mol. The molecule has 0 saturated heterocycles. The molecule has 57 heavy (non-hydrogen) atoms. The van der Waals surface area contributed by atoms with Crippen molar-refractivity contribution in [2.75, 3.05) is 178 Å². The van der Waals surface area contributed by atoms with Crippen LogP contribution < -0.4 is 14.2 Å². The molecule has 0 aliphatic rings. The molecule has 1 rings (SSSR count). The third-order valence-electron chi connectivity index (χ3n) is 7.13. The Morgan fingerprint density at radius 3 is 0.982 bits per heavy atom. The van der Waals surface area contributed by atoms with Gasteiger partial charge in [-0.25, -0.2) is 0 Å². The molecule has 0 atom stereocenters. The van der Waals surface area contributed by atoms with E-state index < -0.39 is 8.80 Å². The summed E-state index contributed by atoms with van der Waals surface area (Å²) >= 11 is 15.5. The molecule has 0 spiro atoms. The third-order valence-corrected chi connectivity index (χ3v) is 14.6. The molecule has 15 nitrogen and oxygen atoms in total. The quantitative estimate of drug-likeness (QED) is 0.0516. The number of hydrogen-bond donors (Lipinski definition) is 2. The Bertz CT molecular complexity index is 957. The van der Waals surface area contributed by atoms with Crippen LogP contribution in [0.3, 0.4) is 0 Å². The van der Waals surface area contributed by atoms with Crippen LogP contribution in [0.4, 0.5) is 0 Å². The zero-order valence-corrected chi connectivity index (χ0v) is 40.3. The first kappa shape index (κ1) is 55.4. The van der Waals surface area contributed by atoms with Gasteiger partial charge in [0.1, 0.15) is 0 Å². The van der Waals surface area contributed by atoms with E-state index in [9.17, 15) is 0 Å². The second kappa shape index (κ2) is 43.0. The first-order chi connectivity index (χ1) is 28.1. The molecule has 1 aromatic heterocycles. The summed E-state index contributed by atoms with van der Waals surface area (Å²) in [5, 5.41) is 0. The summed E-state index contributed by atoms with van der Waals surface area (Å²) in [7, 11) is 2.42. The van der Waals surface area contributed by atoms with Gasteiger partial charge in [0.25, 0.3) is 0 Å². The molecule has 0 aliphatic carbocycles. The van der Waals surface area contributed by atoms with Gasteiger partial charge in [0.2, 0.25) is 0 Å². The summed E-state index contributed by atoms with van der Waals surface area (Å²) in [5.74, 6) is 8.76. The molecule has 0 aromatic carbocycles. The van der Waals surface area contributed by atoms with Crippen molar-refractivity contribution in [3.8, 4) is 18.0 Å². The number of thioether (sulfide) groups is 4. The van der Waals surface area contributed by atoms with Gasteiger partial charge in [-0.2, -0.15) is 72.3 Å². The molecule has 1 aromatic rings. The minimum Gasteiger partial charge on any atom is -0.463 e. The zero-order chi connectivity index (χ0) is 41.2. The summed E-state index contributed by atoms with van der Waals surface area (Å²) in [6, 6.07) is 1.38. The zero-order valence-electron chi connectivity index (χ0n) is 34.3. The van der Waals surface area contributed by atoms with Gasteiger partial charge in [-0.1, -0.05) is 0 Å². The second-order valence-corrected chi connectivity index (χ2v) is 20.3. The van der Waals surface area contributed by atoms with Gasteiger partial charge in [-0.05, 0) is 42.3 Å². The SMILES string of the molecule is CO[Si](CCSCCOCCOCCSCCCOc1nc(OCCCSCCOCCOCCS)nc(OCCCSCCOCCOCCS)n1)(OC)OC. The molecule has 0 N–H and O–H groups in total. The second-order valence-electron chi connectivity index (χ2n) is 11.4. The lowest BCUT2D eigenvalue weighted by molar-refractivity contribution is 0.0605. The van der Waals surface area contributed by atoms with E-state index in [4.69, 9.17) is 55.9 Å². The molecule has 0 unspecified atom stereocenters. The maximum absolute atomic E-state index is 5.89. The van der Waals surface area contributed by atoms with Gasteiger partial charge in [-0.3, -0.25) is 0 Å².